The predicted molar refractivity (Wildman–Crippen MR) is 80.5 cm³/mol. The van der Waals surface area contributed by atoms with Gasteiger partial charge in [0.25, 0.3) is 0 Å². The van der Waals surface area contributed by atoms with Crippen LogP contribution in [0.25, 0.3) is 0 Å². The van der Waals surface area contributed by atoms with E-state index >= 15 is 0 Å². The number of hydrogen-bond donors (Lipinski definition) is 1. The molecule has 1 aromatic rings. The van der Waals surface area contributed by atoms with Crippen molar-refractivity contribution in [1.82, 2.24) is 15.1 Å². The number of aryl methyl sites for hydroxylation is 1. The fourth-order valence-corrected chi connectivity index (χ4v) is 3.46. The molecular weight excluding hydrogens is 234 g/mol. The van der Waals surface area contributed by atoms with Gasteiger partial charge in [-0.1, -0.05) is 13.8 Å². The van der Waals surface area contributed by atoms with Gasteiger partial charge in [0.2, 0.25) is 0 Å². The summed E-state index contributed by atoms with van der Waals surface area (Å²) in [6.45, 7) is 11.2. The Labute approximate surface area is 117 Å². The van der Waals surface area contributed by atoms with Crippen LogP contribution in [-0.4, -0.2) is 22.9 Å². The van der Waals surface area contributed by atoms with Gasteiger partial charge in [-0.3, -0.25) is 4.68 Å². The number of aromatic nitrogens is 2. The van der Waals surface area contributed by atoms with Crippen molar-refractivity contribution in [3.8, 4) is 0 Å². The molecule has 3 atom stereocenters. The van der Waals surface area contributed by atoms with E-state index in [2.05, 4.69) is 51.7 Å². The fraction of sp³-hybridized carbons (Fsp3) is 0.812. The summed E-state index contributed by atoms with van der Waals surface area (Å²) >= 11 is 0. The van der Waals surface area contributed by atoms with E-state index in [0.717, 1.165) is 11.8 Å². The zero-order valence-corrected chi connectivity index (χ0v) is 13.3. The summed E-state index contributed by atoms with van der Waals surface area (Å²) < 4.78 is 2.29. The molecular formula is C16H29N3. The lowest BCUT2D eigenvalue weighted by Gasteiger charge is -2.38. The highest BCUT2D eigenvalue weighted by Crippen LogP contribution is 2.37. The zero-order valence-electron chi connectivity index (χ0n) is 13.3. The monoisotopic (exact) mass is 263 g/mol. The smallest absolute Gasteiger partial charge is 0.0678 e. The van der Waals surface area contributed by atoms with E-state index in [0.29, 0.717) is 12.1 Å². The number of rotatable bonds is 3. The molecule has 19 heavy (non-hydrogen) atoms. The van der Waals surface area contributed by atoms with Crippen LogP contribution in [0.4, 0.5) is 0 Å². The van der Waals surface area contributed by atoms with Crippen molar-refractivity contribution in [3.63, 3.8) is 0 Å². The maximum absolute atomic E-state index is 4.80. The Morgan fingerprint density at radius 3 is 2.37 bits per heavy atom. The first-order chi connectivity index (χ1) is 8.95. The van der Waals surface area contributed by atoms with Crippen LogP contribution in [0.3, 0.4) is 0 Å². The minimum absolute atomic E-state index is 0.513. The van der Waals surface area contributed by atoms with Gasteiger partial charge in [-0.25, -0.2) is 0 Å². The summed E-state index contributed by atoms with van der Waals surface area (Å²) in [5.41, 5.74) is 3.87. The molecule has 1 fully saturated rings. The van der Waals surface area contributed by atoms with Gasteiger partial charge < -0.3 is 5.32 Å². The Balaban J connectivity index is 2.29. The largest absolute Gasteiger partial charge is 0.315 e. The van der Waals surface area contributed by atoms with Gasteiger partial charge in [0.05, 0.1) is 11.7 Å². The van der Waals surface area contributed by atoms with E-state index in [1.165, 1.54) is 36.2 Å². The Morgan fingerprint density at radius 1 is 1.21 bits per heavy atom. The highest BCUT2D eigenvalue weighted by Gasteiger charge is 2.33. The quantitative estimate of drug-likeness (QED) is 0.906. The van der Waals surface area contributed by atoms with Crippen molar-refractivity contribution in [3.05, 3.63) is 17.0 Å². The van der Waals surface area contributed by atoms with Crippen LogP contribution in [0.5, 0.6) is 0 Å². The minimum atomic E-state index is 0.513. The molecule has 1 heterocycles. The summed E-state index contributed by atoms with van der Waals surface area (Å²) in [6.07, 6.45) is 3.87. The van der Waals surface area contributed by atoms with Gasteiger partial charge in [-0.05, 0) is 64.5 Å². The van der Waals surface area contributed by atoms with Gasteiger partial charge in [-0.15, -0.1) is 0 Å². The van der Waals surface area contributed by atoms with Crippen molar-refractivity contribution in [2.24, 2.45) is 11.8 Å². The number of nitrogens with zero attached hydrogens (tertiary/aromatic N) is 2. The Bertz CT molecular complexity index is 433. The van der Waals surface area contributed by atoms with E-state index in [-0.39, 0.29) is 0 Å². The average molecular weight is 263 g/mol. The first kappa shape index (κ1) is 14.6. The molecule has 0 spiro atoms. The van der Waals surface area contributed by atoms with Crippen LogP contribution >= 0.6 is 0 Å². The summed E-state index contributed by atoms with van der Waals surface area (Å²) in [4.78, 5) is 0. The van der Waals surface area contributed by atoms with Gasteiger partial charge in [0, 0.05) is 11.7 Å². The summed E-state index contributed by atoms with van der Waals surface area (Å²) in [7, 11) is 2.09. The van der Waals surface area contributed by atoms with E-state index in [4.69, 9.17) is 5.10 Å². The van der Waals surface area contributed by atoms with E-state index in [1.54, 1.807) is 0 Å². The molecule has 0 amide bonds. The molecule has 3 heteroatoms. The van der Waals surface area contributed by atoms with Crippen molar-refractivity contribution in [2.75, 3.05) is 7.05 Å². The molecule has 1 saturated carbocycles. The van der Waals surface area contributed by atoms with E-state index in [9.17, 15) is 0 Å². The van der Waals surface area contributed by atoms with Crippen LogP contribution in [-0.2, 0) is 0 Å². The Hall–Kier alpha value is -0.830. The lowest BCUT2D eigenvalue weighted by molar-refractivity contribution is 0.165. The molecule has 0 bridgehead atoms. The molecule has 1 aromatic heterocycles. The summed E-state index contributed by atoms with van der Waals surface area (Å²) in [5.74, 6) is 1.61. The molecule has 0 aliphatic heterocycles. The SMILES string of the molecule is CNC1CCC(C(C)C)CC1n1nc(C)c(C)c1C. The first-order valence-electron chi connectivity index (χ1n) is 7.65. The molecule has 3 nitrogen and oxygen atoms in total. The van der Waals surface area contributed by atoms with Crippen LogP contribution in [0.1, 0.15) is 56.1 Å². The standard InChI is InChI=1S/C16H29N3/c1-10(2)14-7-8-15(17-6)16(9-14)19-13(5)11(3)12(4)18-19/h10,14-17H,7-9H2,1-6H3. The van der Waals surface area contributed by atoms with Crippen molar-refractivity contribution < 1.29 is 0 Å². The minimum Gasteiger partial charge on any atom is -0.315 e. The van der Waals surface area contributed by atoms with Crippen LogP contribution in [0, 0.1) is 32.6 Å². The van der Waals surface area contributed by atoms with E-state index in [1.807, 2.05) is 0 Å². The average Bonchev–Trinajstić information content (AvgIpc) is 2.65. The topological polar surface area (TPSA) is 29.9 Å². The molecule has 1 aliphatic carbocycles. The fourth-order valence-electron chi connectivity index (χ4n) is 3.46. The second kappa shape index (κ2) is 5.66. The van der Waals surface area contributed by atoms with Crippen LogP contribution in [0.2, 0.25) is 0 Å². The maximum atomic E-state index is 4.80. The molecule has 0 saturated heterocycles. The third kappa shape index (κ3) is 2.71. The van der Waals surface area contributed by atoms with Crippen LogP contribution < -0.4 is 5.32 Å². The van der Waals surface area contributed by atoms with Gasteiger partial charge in [0.1, 0.15) is 0 Å². The third-order valence-electron chi connectivity index (χ3n) is 5.17. The molecule has 108 valence electrons. The Kier molecular flexibility index (Phi) is 4.34. The first-order valence-corrected chi connectivity index (χ1v) is 7.65. The van der Waals surface area contributed by atoms with Crippen LogP contribution in [0.15, 0.2) is 0 Å². The molecule has 0 radical (unpaired) electrons. The number of nitrogens with one attached hydrogen (secondary N) is 1. The lowest BCUT2D eigenvalue weighted by Crippen LogP contribution is -2.41. The van der Waals surface area contributed by atoms with Gasteiger partial charge in [0.15, 0.2) is 0 Å². The predicted octanol–water partition coefficient (Wildman–Crippen LogP) is 3.39. The zero-order chi connectivity index (χ0) is 14.2. The summed E-state index contributed by atoms with van der Waals surface area (Å²) in [6, 6.07) is 1.07. The second-order valence-corrected chi connectivity index (χ2v) is 6.52. The van der Waals surface area contributed by atoms with Gasteiger partial charge >= 0.3 is 0 Å². The number of hydrogen-bond acceptors (Lipinski definition) is 2. The Morgan fingerprint density at radius 2 is 1.89 bits per heavy atom. The molecule has 1 N–H and O–H groups in total. The highest BCUT2D eigenvalue weighted by molar-refractivity contribution is 5.23. The second-order valence-electron chi connectivity index (χ2n) is 6.52. The molecule has 0 aromatic carbocycles. The van der Waals surface area contributed by atoms with Crippen molar-refractivity contribution in [1.29, 1.82) is 0 Å². The number of likely N-dealkylation sites (N-methyl/N-ethyl adjacent to an activating group) is 1. The maximum Gasteiger partial charge on any atom is 0.0678 e. The van der Waals surface area contributed by atoms with Crippen molar-refractivity contribution >= 4 is 0 Å². The normalized spacial score (nSPS) is 28.1. The molecule has 2 rings (SSSR count). The highest BCUT2D eigenvalue weighted by atomic mass is 15.3. The molecule has 1 aliphatic rings. The molecule has 3 unspecified atom stereocenters. The lowest BCUT2D eigenvalue weighted by atomic mass is 9.77. The van der Waals surface area contributed by atoms with Gasteiger partial charge in [-0.2, -0.15) is 5.10 Å². The third-order valence-corrected chi connectivity index (χ3v) is 5.17. The van der Waals surface area contributed by atoms with Crippen molar-refractivity contribution in [2.45, 2.75) is 66.0 Å². The van der Waals surface area contributed by atoms with E-state index < -0.39 is 0 Å². The summed E-state index contributed by atoms with van der Waals surface area (Å²) in [5, 5.41) is 8.31.